The van der Waals surface area contributed by atoms with Gasteiger partial charge in [0.15, 0.2) is 0 Å². The normalized spacial score (nSPS) is 21.2. The Hall–Kier alpha value is -2.04. The monoisotopic (exact) mass is 268 g/mol. The molecule has 20 heavy (non-hydrogen) atoms. The molecular weight excluding hydrogens is 252 g/mol. The molecule has 1 saturated heterocycles. The van der Waals surface area contributed by atoms with Gasteiger partial charge in [-0.1, -0.05) is 0 Å². The van der Waals surface area contributed by atoms with Crippen LogP contribution < -0.4 is 4.90 Å². The smallest absolute Gasteiger partial charge is 0.204 e. The lowest BCUT2D eigenvalue weighted by Gasteiger charge is -2.39. The fourth-order valence-corrected chi connectivity index (χ4v) is 3.37. The number of hydrogen-bond donors (Lipinski definition) is 0. The van der Waals surface area contributed by atoms with Crippen molar-refractivity contribution in [3.05, 3.63) is 23.3 Å². The first-order valence-corrected chi connectivity index (χ1v) is 7.12. The van der Waals surface area contributed by atoms with E-state index < -0.39 is 0 Å². The van der Waals surface area contributed by atoms with E-state index in [4.69, 9.17) is 0 Å². The summed E-state index contributed by atoms with van der Waals surface area (Å²) in [5, 5.41) is 0.837. The van der Waals surface area contributed by atoms with Crippen LogP contribution in [0.15, 0.2) is 6.07 Å². The van der Waals surface area contributed by atoms with Crippen molar-refractivity contribution in [3.63, 3.8) is 0 Å². The molecule has 0 N–H and O–H groups in total. The number of nitrogens with zero attached hydrogens (tertiary/aromatic N) is 4. The predicted molar refractivity (Wildman–Crippen MR) is 76.1 cm³/mol. The molecule has 2 aliphatic rings. The van der Waals surface area contributed by atoms with Crippen molar-refractivity contribution in [2.45, 2.75) is 39.2 Å². The fraction of sp³-hybridized carbons (Fsp3) is 0.467. The third-order valence-electron chi connectivity index (χ3n) is 4.21. The molecule has 0 bridgehead atoms. The molecular formula is C15H16N4O. The van der Waals surface area contributed by atoms with E-state index in [9.17, 15) is 4.79 Å². The van der Waals surface area contributed by atoms with Gasteiger partial charge in [0.05, 0.1) is 16.9 Å². The van der Waals surface area contributed by atoms with Gasteiger partial charge >= 0.3 is 0 Å². The van der Waals surface area contributed by atoms with Crippen molar-refractivity contribution in [1.29, 1.82) is 0 Å². The SMILES string of the molecule is Cc1cc2nc(C)nc3c2c(n1)C(=O)C1CCCCN31. The van der Waals surface area contributed by atoms with E-state index in [0.29, 0.717) is 5.69 Å². The van der Waals surface area contributed by atoms with Crippen LogP contribution in [0, 0.1) is 13.8 Å². The van der Waals surface area contributed by atoms with Crippen LogP contribution in [0.3, 0.4) is 0 Å². The van der Waals surface area contributed by atoms with Crippen LogP contribution in [0.1, 0.15) is 41.3 Å². The lowest BCUT2D eigenvalue weighted by atomic mass is 9.91. The Balaban J connectivity index is 2.10. The van der Waals surface area contributed by atoms with E-state index in [1.54, 1.807) is 0 Å². The Bertz CT molecular complexity index is 735. The highest BCUT2D eigenvalue weighted by molar-refractivity contribution is 6.15. The zero-order chi connectivity index (χ0) is 13.9. The van der Waals surface area contributed by atoms with Crippen molar-refractivity contribution in [2.75, 3.05) is 11.4 Å². The average Bonchev–Trinajstić information content (AvgIpc) is 2.43. The molecule has 2 aromatic rings. The minimum absolute atomic E-state index is 0.0805. The molecule has 1 fully saturated rings. The standard InChI is InChI=1S/C15H16N4O/c1-8-7-10-12-13(16-8)14(20)11-5-3-4-6-19(11)15(12)18-9(2)17-10/h7,11H,3-6H2,1-2H3. The number of carbonyl (C=O) groups is 1. The van der Waals surface area contributed by atoms with E-state index in [-0.39, 0.29) is 11.8 Å². The number of pyridine rings is 1. The number of aryl methyl sites for hydroxylation is 2. The number of piperidine rings is 1. The van der Waals surface area contributed by atoms with Crippen molar-refractivity contribution in [2.24, 2.45) is 0 Å². The molecule has 0 amide bonds. The van der Waals surface area contributed by atoms with Crippen molar-refractivity contribution in [3.8, 4) is 0 Å². The van der Waals surface area contributed by atoms with Gasteiger partial charge < -0.3 is 4.90 Å². The summed E-state index contributed by atoms with van der Waals surface area (Å²) >= 11 is 0. The van der Waals surface area contributed by atoms with Crippen LogP contribution in [0.25, 0.3) is 10.9 Å². The molecule has 4 heterocycles. The average molecular weight is 268 g/mol. The summed E-state index contributed by atoms with van der Waals surface area (Å²) in [5.74, 6) is 1.79. The molecule has 1 unspecified atom stereocenters. The van der Waals surface area contributed by atoms with Gasteiger partial charge in [0.25, 0.3) is 0 Å². The van der Waals surface area contributed by atoms with E-state index >= 15 is 0 Å². The maximum Gasteiger partial charge on any atom is 0.204 e. The number of rotatable bonds is 0. The van der Waals surface area contributed by atoms with Gasteiger partial charge in [-0.3, -0.25) is 4.79 Å². The van der Waals surface area contributed by atoms with Crippen LogP contribution in [0.5, 0.6) is 0 Å². The molecule has 0 saturated carbocycles. The first kappa shape index (κ1) is 11.8. The van der Waals surface area contributed by atoms with E-state index in [1.165, 1.54) is 0 Å². The molecule has 5 nitrogen and oxygen atoms in total. The minimum atomic E-state index is -0.0805. The lowest BCUT2D eigenvalue weighted by molar-refractivity contribution is 0.0937. The van der Waals surface area contributed by atoms with Gasteiger partial charge in [-0.25, -0.2) is 15.0 Å². The molecule has 2 aliphatic heterocycles. The number of Topliss-reactive ketones (excluding diaryl/α,β-unsaturated/α-hetero) is 1. The molecule has 1 atom stereocenters. The molecule has 0 aromatic carbocycles. The maximum atomic E-state index is 12.7. The molecule has 4 rings (SSSR count). The molecule has 0 spiro atoms. The molecule has 2 aromatic heterocycles. The maximum absolute atomic E-state index is 12.7. The zero-order valence-corrected chi connectivity index (χ0v) is 11.7. The largest absolute Gasteiger partial charge is 0.345 e. The van der Waals surface area contributed by atoms with Gasteiger partial charge in [0, 0.05) is 12.2 Å². The lowest BCUT2D eigenvalue weighted by Crippen LogP contribution is -2.48. The van der Waals surface area contributed by atoms with Gasteiger partial charge in [-0.2, -0.15) is 0 Å². The second kappa shape index (κ2) is 3.98. The van der Waals surface area contributed by atoms with Crippen molar-refractivity contribution < 1.29 is 4.79 Å². The second-order valence-corrected chi connectivity index (χ2v) is 5.67. The highest BCUT2D eigenvalue weighted by Gasteiger charge is 2.38. The number of anilines is 1. The van der Waals surface area contributed by atoms with Crippen LogP contribution in [0.4, 0.5) is 5.82 Å². The molecule has 5 heteroatoms. The third kappa shape index (κ3) is 1.49. The molecule has 0 radical (unpaired) electrons. The summed E-state index contributed by atoms with van der Waals surface area (Å²) in [6.07, 6.45) is 3.11. The van der Waals surface area contributed by atoms with Crippen molar-refractivity contribution >= 4 is 22.5 Å². The highest BCUT2D eigenvalue weighted by Crippen LogP contribution is 2.37. The molecule has 102 valence electrons. The quantitative estimate of drug-likeness (QED) is 0.733. The number of ketones is 1. The summed E-state index contributed by atoms with van der Waals surface area (Å²) in [6.45, 7) is 4.71. The highest BCUT2D eigenvalue weighted by atomic mass is 16.1. The Labute approximate surface area is 117 Å². The predicted octanol–water partition coefficient (Wildman–Crippen LogP) is 2.20. The Morgan fingerprint density at radius 2 is 2.05 bits per heavy atom. The summed E-state index contributed by atoms with van der Waals surface area (Å²) in [4.78, 5) is 28.4. The topological polar surface area (TPSA) is 59.0 Å². The summed E-state index contributed by atoms with van der Waals surface area (Å²) in [7, 11) is 0. The van der Waals surface area contributed by atoms with Crippen LogP contribution in [-0.2, 0) is 0 Å². The van der Waals surface area contributed by atoms with E-state index in [2.05, 4.69) is 19.9 Å². The zero-order valence-electron chi connectivity index (χ0n) is 11.7. The summed E-state index contributed by atoms with van der Waals surface area (Å²) in [5.41, 5.74) is 2.25. The summed E-state index contributed by atoms with van der Waals surface area (Å²) in [6, 6.07) is 1.86. The van der Waals surface area contributed by atoms with E-state index in [1.807, 2.05) is 19.9 Å². The first-order chi connectivity index (χ1) is 9.65. The van der Waals surface area contributed by atoms with Crippen LogP contribution >= 0.6 is 0 Å². The van der Waals surface area contributed by atoms with Gasteiger partial charge in [-0.05, 0) is 39.2 Å². The fourth-order valence-electron chi connectivity index (χ4n) is 3.37. The first-order valence-electron chi connectivity index (χ1n) is 7.12. The number of fused-ring (bicyclic) bond motifs is 2. The third-order valence-corrected chi connectivity index (χ3v) is 4.21. The minimum Gasteiger partial charge on any atom is -0.345 e. The number of aromatic nitrogens is 3. The Morgan fingerprint density at radius 1 is 1.20 bits per heavy atom. The van der Waals surface area contributed by atoms with Gasteiger partial charge in [-0.15, -0.1) is 0 Å². The van der Waals surface area contributed by atoms with Crippen molar-refractivity contribution in [1.82, 2.24) is 15.0 Å². The number of carbonyl (C=O) groups excluding carboxylic acids is 1. The van der Waals surface area contributed by atoms with E-state index in [0.717, 1.165) is 54.0 Å². The Kier molecular flexibility index (Phi) is 2.34. The van der Waals surface area contributed by atoms with Gasteiger partial charge in [0.1, 0.15) is 17.3 Å². The second-order valence-electron chi connectivity index (χ2n) is 5.67. The Morgan fingerprint density at radius 3 is 2.90 bits per heavy atom. The van der Waals surface area contributed by atoms with Crippen LogP contribution in [0.2, 0.25) is 0 Å². The van der Waals surface area contributed by atoms with Gasteiger partial charge in [0.2, 0.25) is 5.78 Å². The molecule has 0 aliphatic carbocycles. The van der Waals surface area contributed by atoms with Crippen LogP contribution in [-0.4, -0.2) is 33.3 Å². The summed E-state index contributed by atoms with van der Waals surface area (Å²) < 4.78 is 0. The number of hydrogen-bond acceptors (Lipinski definition) is 5.